The SMILES string of the molecule is CCNC(=NCc1ccc(N2CC=CC2)cc1)NC(C)COC1CCOC1.I. The standard InChI is InChI=1S/C21H32N4O2.HI/c1-3-22-21(24-17(2)15-27-20-10-13-26-16-20)23-14-18-6-8-19(9-7-18)25-11-4-5-12-25;/h4-9,17,20H,3,10-16H2,1-2H3,(H2,22,23,24);1H. The lowest BCUT2D eigenvalue weighted by molar-refractivity contribution is 0.0347. The van der Waals surface area contributed by atoms with E-state index >= 15 is 0 Å². The Morgan fingerprint density at radius 2 is 2.04 bits per heavy atom. The second kappa shape index (κ2) is 12.3. The average molecular weight is 500 g/mol. The van der Waals surface area contributed by atoms with Crippen LogP contribution in [0.5, 0.6) is 0 Å². The fourth-order valence-electron chi connectivity index (χ4n) is 3.19. The van der Waals surface area contributed by atoms with Crippen LogP contribution in [0.1, 0.15) is 25.8 Å². The lowest BCUT2D eigenvalue weighted by atomic mass is 10.2. The maximum Gasteiger partial charge on any atom is 0.191 e. The van der Waals surface area contributed by atoms with Crippen LogP contribution in [0.2, 0.25) is 0 Å². The Morgan fingerprint density at radius 1 is 1.29 bits per heavy atom. The number of hydrogen-bond donors (Lipinski definition) is 2. The summed E-state index contributed by atoms with van der Waals surface area (Å²) in [6.07, 6.45) is 5.64. The lowest BCUT2D eigenvalue weighted by Gasteiger charge is -2.20. The molecule has 2 unspecified atom stereocenters. The van der Waals surface area contributed by atoms with Gasteiger partial charge in [-0.25, -0.2) is 4.99 Å². The van der Waals surface area contributed by atoms with Gasteiger partial charge in [-0.15, -0.1) is 24.0 Å². The summed E-state index contributed by atoms with van der Waals surface area (Å²) in [6.45, 7) is 9.84. The number of guanidine groups is 1. The first kappa shape index (κ1) is 23.0. The van der Waals surface area contributed by atoms with Crippen LogP contribution in [0.4, 0.5) is 5.69 Å². The predicted molar refractivity (Wildman–Crippen MR) is 126 cm³/mol. The first-order chi connectivity index (χ1) is 13.2. The van der Waals surface area contributed by atoms with Gasteiger partial charge in [0, 0.05) is 38.0 Å². The molecule has 28 heavy (non-hydrogen) atoms. The molecule has 2 atom stereocenters. The molecule has 2 N–H and O–H groups in total. The van der Waals surface area contributed by atoms with E-state index in [1.165, 1.54) is 11.3 Å². The molecule has 1 fully saturated rings. The van der Waals surface area contributed by atoms with Crippen molar-refractivity contribution in [3.05, 3.63) is 42.0 Å². The van der Waals surface area contributed by atoms with Gasteiger partial charge < -0.3 is 25.0 Å². The van der Waals surface area contributed by atoms with Crippen molar-refractivity contribution in [3.8, 4) is 0 Å². The molecule has 0 amide bonds. The van der Waals surface area contributed by atoms with E-state index in [9.17, 15) is 0 Å². The van der Waals surface area contributed by atoms with Crippen molar-refractivity contribution < 1.29 is 9.47 Å². The molecule has 156 valence electrons. The number of nitrogens with zero attached hydrogens (tertiary/aromatic N) is 2. The van der Waals surface area contributed by atoms with Crippen molar-refractivity contribution in [3.63, 3.8) is 0 Å². The summed E-state index contributed by atoms with van der Waals surface area (Å²) in [5.74, 6) is 0.823. The summed E-state index contributed by atoms with van der Waals surface area (Å²) < 4.78 is 11.2. The average Bonchev–Trinajstić information content (AvgIpc) is 3.39. The zero-order valence-electron chi connectivity index (χ0n) is 16.9. The molecule has 1 aromatic rings. The Hall–Kier alpha value is -1.32. The molecule has 1 saturated heterocycles. The molecule has 0 radical (unpaired) electrons. The smallest absolute Gasteiger partial charge is 0.191 e. The molecule has 7 heteroatoms. The second-order valence-electron chi connectivity index (χ2n) is 7.10. The second-order valence-corrected chi connectivity index (χ2v) is 7.10. The van der Waals surface area contributed by atoms with E-state index in [0.717, 1.165) is 38.6 Å². The zero-order valence-corrected chi connectivity index (χ0v) is 19.2. The molecule has 3 rings (SSSR count). The van der Waals surface area contributed by atoms with Crippen molar-refractivity contribution in [1.29, 1.82) is 0 Å². The Kier molecular flexibility index (Phi) is 10.1. The minimum Gasteiger partial charge on any atom is -0.379 e. The van der Waals surface area contributed by atoms with Crippen LogP contribution in [0.15, 0.2) is 41.4 Å². The third-order valence-electron chi connectivity index (χ3n) is 4.74. The van der Waals surface area contributed by atoms with Gasteiger partial charge in [0.05, 0.1) is 25.9 Å². The highest BCUT2D eigenvalue weighted by Crippen LogP contribution is 2.18. The fraction of sp³-hybridized carbons (Fsp3) is 0.571. The quantitative estimate of drug-likeness (QED) is 0.249. The molecular formula is C21H33IN4O2. The Bertz CT molecular complexity index is 622. The van der Waals surface area contributed by atoms with Crippen LogP contribution in [0.25, 0.3) is 0 Å². The first-order valence-corrected chi connectivity index (χ1v) is 9.97. The van der Waals surface area contributed by atoms with Crippen LogP contribution in [-0.2, 0) is 16.0 Å². The largest absolute Gasteiger partial charge is 0.379 e. The van der Waals surface area contributed by atoms with Gasteiger partial charge in [-0.1, -0.05) is 24.3 Å². The van der Waals surface area contributed by atoms with Crippen molar-refractivity contribution in [2.45, 2.75) is 39.0 Å². The zero-order chi connectivity index (χ0) is 18.9. The van der Waals surface area contributed by atoms with E-state index < -0.39 is 0 Å². The number of benzene rings is 1. The molecule has 0 aliphatic carbocycles. The normalized spacial score (nSPS) is 20.1. The van der Waals surface area contributed by atoms with Gasteiger partial charge in [-0.05, 0) is 38.0 Å². The highest BCUT2D eigenvalue weighted by atomic mass is 127. The van der Waals surface area contributed by atoms with Crippen molar-refractivity contribution in [2.24, 2.45) is 4.99 Å². The summed E-state index contributed by atoms with van der Waals surface area (Å²) in [5.41, 5.74) is 2.47. The van der Waals surface area contributed by atoms with E-state index in [0.29, 0.717) is 19.8 Å². The van der Waals surface area contributed by atoms with Crippen LogP contribution in [0.3, 0.4) is 0 Å². The number of aliphatic imine (C=N–C) groups is 1. The van der Waals surface area contributed by atoms with Crippen LogP contribution >= 0.6 is 24.0 Å². The first-order valence-electron chi connectivity index (χ1n) is 9.97. The minimum atomic E-state index is 0. The summed E-state index contributed by atoms with van der Waals surface area (Å²) in [7, 11) is 0. The third kappa shape index (κ3) is 7.25. The van der Waals surface area contributed by atoms with Gasteiger partial charge in [0.15, 0.2) is 5.96 Å². The Balaban J connectivity index is 0.00000280. The number of hydrogen-bond acceptors (Lipinski definition) is 4. The van der Waals surface area contributed by atoms with Gasteiger partial charge in [-0.3, -0.25) is 0 Å². The highest BCUT2D eigenvalue weighted by molar-refractivity contribution is 14.0. The molecule has 2 aliphatic heterocycles. The molecule has 6 nitrogen and oxygen atoms in total. The third-order valence-corrected chi connectivity index (χ3v) is 4.74. The molecule has 2 aliphatic rings. The topological polar surface area (TPSA) is 58.1 Å². The van der Waals surface area contributed by atoms with Gasteiger partial charge in [0.1, 0.15) is 0 Å². The van der Waals surface area contributed by atoms with Crippen LogP contribution < -0.4 is 15.5 Å². The fourth-order valence-corrected chi connectivity index (χ4v) is 3.19. The number of nitrogens with one attached hydrogen (secondary N) is 2. The van der Waals surface area contributed by atoms with E-state index in [4.69, 9.17) is 14.5 Å². The molecule has 0 aromatic heterocycles. The summed E-state index contributed by atoms with van der Waals surface area (Å²) in [5, 5.41) is 6.73. The van der Waals surface area contributed by atoms with Crippen LogP contribution in [0, 0.1) is 0 Å². The van der Waals surface area contributed by atoms with E-state index in [2.05, 4.69) is 65.8 Å². The minimum absolute atomic E-state index is 0. The predicted octanol–water partition coefficient (Wildman–Crippen LogP) is 2.93. The monoisotopic (exact) mass is 500 g/mol. The maximum atomic E-state index is 5.89. The molecular weight excluding hydrogens is 467 g/mol. The van der Waals surface area contributed by atoms with Crippen LogP contribution in [-0.4, -0.2) is 57.6 Å². The Morgan fingerprint density at radius 3 is 2.68 bits per heavy atom. The molecule has 0 spiro atoms. The number of anilines is 1. The number of ether oxygens (including phenoxy) is 2. The number of rotatable bonds is 8. The molecule has 0 bridgehead atoms. The summed E-state index contributed by atoms with van der Waals surface area (Å²) in [4.78, 5) is 7.06. The molecule has 1 aromatic carbocycles. The van der Waals surface area contributed by atoms with E-state index in [1.807, 2.05) is 0 Å². The van der Waals surface area contributed by atoms with Gasteiger partial charge in [0.25, 0.3) is 0 Å². The lowest BCUT2D eigenvalue weighted by Crippen LogP contribution is -2.44. The number of halogens is 1. The van der Waals surface area contributed by atoms with Gasteiger partial charge in [-0.2, -0.15) is 0 Å². The summed E-state index contributed by atoms with van der Waals surface area (Å²) >= 11 is 0. The van der Waals surface area contributed by atoms with E-state index in [-0.39, 0.29) is 36.1 Å². The highest BCUT2D eigenvalue weighted by Gasteiger charge is 2.17. The molecule has 0 saturated carbocycles. The van der Waals surface area contributed by atoms with Gasteiger partial charge >= 0.3 is 0 Å². The summed E-state index contributed by atoms with van der Waals surface area (Å²) in [6, 6.07) is 8.87. The Labute approximate surface area is 185 Å². The maximum absolute atomic E-state index is 5.89. The van der Waals surface area contributed by atoms with Crippen molar-refractivity contribution in [2.75, 3.05) is 44.4 Å². The molecule has 2 heterocycles. The van der Waals surface area contributed by atoms with Gasteiger partial charge in [0.2, 0.25) is 0 Å². The van der Waals surface area contributed by atoms with E-state index in [1.54, 1.807) is 0 Å². The van der Waals surface area contributed by atoms with Crippen molar-refractivity contribution in [1.82, 2.24) is 10.6 Å². The van der Waals surface area contributed by atoms with Crippen molar-refractivity contribution >= 4 is 35.6 Å².